The Balaban J connectivity index is 2.53. The molecule has 0 unspecified atom stereocenters. The molecule has 0 saturated carbocycles. The van der Waals surface area contributed by atoms with Crippen molar-refractivity contribution in [2.24, 2.45) is 0 Å². The number of rotatable bonds is 2. The van der Waals surface area contributed by atoms with Gasteiger partial charge in [0.1, 0.15) is 0 Å². The molecule has 19 heavy (non-hydrogen) atoms. The molecule has 0 heterocycles. The van der Waals surface area contributed by atoms with Crippen LogP contribution in [0.15, 0.2) is 34.8 Å². The Bertz CT molecular complexity index is 671. The van der Waals surface area contributed by atoms with Gasteiger partial charge in [-0.3, -0.25) is 4.79 Å². The van der Waals surface area contributed by atoms with E-state index in [1.54, 1.807) is 31.2 Å². The molecular weight excluding hydrogens is 354 g/mol. The van der Waals surface area contributed by atoms with Crippen LogP contribution in [0.4, 0.5) is 4.39 Å². The first-order valence-electron chi connectivity index (χ1n) is 5.36. The van der Waals surface area contributed by atoms with Crippen LogP contribution in [0.25, 0.3) is 0 Å². The zero-order valence-electron chi connectivity index (χ0n) is 9.81. The lowest BCUT2D eigenvalue weighted by Gasteiger charge is -2.08. The Morgan fingerprint density at radius 1 is 1.16 bits per heavy atom. The molecular formula is C14H8BrCl2FO. The summed E-state index contributed by atoms with van der Waals surface area (Å²) in [7, 11) is 0. The van der Waals surface area contributed by atoms with Crippen molar-refractivity contribution in [1.82, 2.24) is 0 Å². The first-order chi connectivity index (χ1) is 8.91. The molecule has 2 aromatic carbocycles. The molecule has 0 radical (unpaired) electrons. The van der Waals surface area contributed by atoms with Crippen LogP contribution in [-0.4, -0.2) is 5.78 Å². The molecule has 0 spiro atoms. The van der Waals surface area contributed by atoms with Gasteiger partial charge in [0.2, 0.25) is 0 Å². The van der Waals surface area contributed by atoms with E-state index < -0.39 is 11.6 Å². The molecule has 0 aliphatic carbocycles. The fourth-order valence-electron chi connectivity index (χ4n) is 1.73. The summed E-state index contributed by atoms with van der Waals surface area (Å²) in [5.74, 6) is -1.14. The van der Waals surface area contributed by atoms with Crippen molar-refractivity contribution in [3.8, 4) is 0 Å². The highest BCUT2D eigenvalue weighted by atomic mass is 79.9. The number of carbonyl (C=O) groups is 1. The predicted molar refractivity (Wildman–Crippen MR) is 78.7 cm³/mol. The maximum absolute atomic E-state index is 14.0. The van der Waals surface area contributed by atoms with E-state index in [-0.39, 0.29) is 10.6 Å². The Labute approximate surface area is 128 Å². The molecule has 0 aliphatic rings. The van der Waals surface area contributed by atoms with Gasteiger partial charge >= 0.3 is 0 Å². The molecule has 0 saturated heterocycles. The number of hydrogen-bond acceptors (Lipinski definition) is 1. The molecule has 2 rings (SSSR count). The van der Waals surface area contributed by atoms with E-state index in [9.17, 15) is 9.18 Å². The Morgan fingerprint density at radius 3 is 2.42 bits per heavy atom. The highest BCUT2D eigenvalue weighted by molar-refractivity contribution is 9.10. The highest BCUT2D eigenvalue weighted by Gasteiger charge is 2.19. The summed E-state index contributed by atoms with van der Waals surface area (Å²) >= 11 is 14.7. The Morgan fingerprint density at radius 2 is 1.79 bits per heavy atom. The van der Waals surface area contributed by atoms with Gasteiger partial charge in [-0.1, -0.05) is 23.2 Å². The number of ketones is 1. The molecule has 98 valence electrons. The van der Waals surface area contributed by atoms with Crippen LogP contribution in [0.1, 0.15) is 21.5 Å². The van der Waals surface area contributed by atoms with Crippen molar-refractivity contribution in [2.75, 3.05) is 0 Å². The third-order valence-corrected chi connectivity index (χ3v) is 4.21. The number of carbonyl (C=O) groups excluding carboxylic acids is 1. The smallest absolute Gasteiger partial charge is 0.196 e. The van der Waals surface area contributed by atoms with Crippen LogP contribution in [-0.2, 0) is 0 Å². The summed E-state index contributed by atoms with van der Waals surface area (Å²) in [5, 5.41) is 0.431. The first-order valence-corrected chi connectivity index (χ1v) is 6.91. The molecule has 0 aromatic heterocycles. The van der Waals surface area contributed by atoms with Gasteiger partial charge < -0.3 is 0 Å². The quantitative estimate of drug-likeness (QED) is 0.514. The van der Waals surface area contributed by atoms with Crippen LogP contribution in [0.5, 0.6) is 0 Å². The number of aryl methyl sites for hydroxylation is 1. The van der Waals surface area contributed by atoms with Crippen molar-refractivity contribution >= 4 is 44.9 Å². The highest BCUT2D eigenvalue weighted by Crippen LogP contribution is 2.29. The van der Waals surface area contributed by atoms with Gasteiger partial charge in [-0.25, -0.2) is 4.39 Å². The minimum Gasteiger partial charge on any atom is -0.288 e. The minimum absolute atomic E-state index is 0.0568. The van der Waals surface area contributed by atoms with Gasteiger partial charge in [0, 0.05) is 15.1 Å². The van der Waals surface area contributed by atoms with Crippen molar-refractivity contribution in [2.45, 2.75) is 6.92 Å². The van der Waals surface area contributed by atoms with Gasteiger partial charge in [-0.2, -0.15) is 0 Å². The second-order valence-electron chi connectivity index (χ2n) is 4.01. The molecule has 0 fully saturated rings. The topological polar surface area (TPSA) is 17.1 Å². The van der Waals surface area contributed by atoms with E-state index in [2.05, 4.69) is 15.9 Å². The summed E-state index contributed by atoms with van der Waals surface area (Å²) in [6.07, 6.45) is 0. The van der Waals surface area contributed by atoms with Crippen molar-refractivity contribution in [3.63, 3.8) is 0 Å². The van der Waals surface area contributed by atoms with Crippen molar-refractivity contribution in [3.05, 3.63) is 67.4 Å². The third-order valence-electron chi connectivity index (χ3n) is 2.71. The molecule has 0 aliphatic heterocycles. The summed E-state index contributed by atoms with van der Waals surface area (Å²) in [6.45, 7) is 1.75. The monoisotopic (exact) mass is 360 g/mol. The Kier molecular flexibility index (Phi) is 4.29. The maximum atomic E-state index is 14.0. The number of hydrogen-bond donors (Lipinski definition) is 0. The van der Waals surface area contributed by atoms with E-state index in [1.807, 2.05) is 0 Å². The lowest BCUT2D eigenvalue weighted by Crippen LogP contribution is -2.06. The lowest BCUT2D eigenvalue weighted by molar-refractivity contribution is 0.103. The molecule has 0 N–H and O–H groups in total. The maximum Gasteiger partial charge on any atom is 0.196 e. The first kappa shape index (κ1) is 14.5. The van der Waals surface area contributed by atoms with Crippen LogP contribution >= 0.6 is 39.1 Å². The molecule has 0 bridgehead atoms. The third kappa shape index (κ3) is 2.83. The van der Waals surface area contributed by atoms with Gasteiger partial charge in [0.15, 0.2) is 11.6 Å². The average Bonchev–Trinajstić information content (AvgIpc) is 2.35. The zero-order chi connectivity index (χ0) is 14.2. The van der Waals surface area contributed by atoms with E-state index in [4.69, 9.17) is 23.2 Å². The molecule has 0 amide bonds. The van der Waals surface area contributed by atoms with E-state index in [0.717, 1.165) is 0 Å². The molecule has 1 nitrogen and oxygen atoms in total. The summed E-state index contributed by atoms with van der Waals surface area (Å²) in [4.78, 5) is 12.3. The van der Waals surface area contributed by atoms with E-state index in [0.29, 0.717) is 20.6 Å². The molecule has 0 atom stereocenters. The summed E-state index contributed by atoms with van der Waals surface area (Å²) in [6, 6.07) is 7.79. The average molecular weight is 362 g/mol. The van der Waals surface area contributed by atoms with Crippen LogP contribution < -0.4 is 0 Å². The standard InChI is InChI=1S/C14H8BrCl2FO/c1-7-6-8(16)2-3-9(7)14(19)10-4-5-11(15)12(17)13(10)18/h2-6H,1H3. The predicted octanol–water partition coefficient (Wildman–Crippen LogP) is 5.43. The summed E-state index contributed by atoms with van der Waals surface area (Å²) in [5.41, 5.74) is 1.04. The number of benzene rings is 2. The summed E-state index contributed by atoms with van der Waals surface area (Å²) < 4.78 is 14.4. The lowest BCUT2D eigenvalue weighted by atomic mass is 9.99. The van der Waals surface area contributed by atoms with Gasteiger partial charge in [0.25, 0.3) is 0 Å². The van der Waals surface area contributed by atoms with Crippen LogP contribution in [0.3, 0.4) is 0 Å². The van der Waals surface area contributed by atoms with Gasteiger partial charge in [-0.15, -0.1) is 0 Å². The van der Waals surface area contributed by atoms with Crippen molar-refractivity contribution in [1.29, 1.82) is 0 Å². The number of halogens is 4. The molecule has 2 aromatic rings. The van der Waals surface area contributed by atoms with Crippen molar-refractivity contribution < 1.29 is 9.18 Å². The van der Waals surface area contributed by atoms with Gasteiger partial charge in [-0.05, 0) is 58.7 Å². The fraction of sp³-hybridized carbons (Fsp3) is 0.0714. The minimum atomic E-state index is -0.726. The van der Waals surface area contributed by atoms with Crippen LogP contribution in [0.2, 0.25) is 10.0 Å². The molecule has 5 heteroatoms. The SMILES string of the molecule is Cc1cc(Cl)ccc1C(=O)c1ccc(Br)c(Cl)c1F. The normalized spacial score (nSPS) is 10.6. The largest absolute Gasteiger partial charge is 0.288 e. The second kappa shape index (κ2) is 5.61. The van der Waals surface area contributed by atoms with Gasteiger partial charge in [0.05, 0.1) is 10.6 Å². The Hall–Kier alpha value is -0.900. The van der Waals surface area contributed by atoms with E-state index >= 15 is 0 Å². The fourth-order valence-corrected chi connectivity index (χ4v) is 2.43. The second-order valence-corrected chi connectivity index (χ2v) is 5.68. The zero-order valence-corrected chi connectivity index (χ0v) is 12.9. The van der Waals surface area contributed by atoms with E-state index in [1.165, 1.54) is 6.07 Å². The van der Waals surface area contributed by atoms with Crippen LogP contribution in [0, 0.1) is 12.7 Å².